The molecule has 4 heteroatoms. The fraction of sp³-hybridized carbons (Fsp3) is 0.125. The fourth-order valence-electron chi connectivity index (χ4n) is 5.19. The van der Waals surface area contributed by atoms with Crippen molar-refractivity contribution < 1.29 is 5.11 Å². The van der Waals surface area contributed by atoms with E-state index in [0.29, 0.717) is 0 Å². The second-order valence-corrected chi connectivity index (χ2v) is 9.22. The van der Waals surface area contributed by atoms with Gasteiger partial charge in [0.2, 0.25) is 0 Å². The zero-order valence-corrected chi connectivity index (χ0v) is 20.0. The maximum absolute atomic E-state index is 9.81. The Morgan fingerprint density at radius 2 is 1.47 bits per heavy atom. The lowest BCUT2D eigenvalue weighted by atomic mass is 9.86. The van der Waals surface area contributed by atoms with Gasteiger partial charge in [-0.05, 0) is 88.0 Å². The third-order valence-corrected chi connectivity index (χ3v) is 6.97. The molecular weight excluding hydrogens is 442 g/mol. The summed E-state index contributed by atoms with van der Waals surface area (Å²) in [5.74, 6) is 0.999. The lowest BCUT2D eigenvalue weighted by molar-refractivity contribution is 0.481. The second-order valence-electron chi connectivity index (χ2n) is 9.22. The Labute approximate surface area is 210 Å². The van der Waals surface area contributed by atoms with E-state index in [1.807, 2.05) is 30.3 Å². The summed E-state index contributed by atoms with van der Waals surface area (Å²) in [5.41, 5.74) is 4.05. The minimum atomic E-state index is 0.277. The molecule has 0 aliphatic heterocycles. The van der Waals surface area contributed by atoms with Crippen LogP contribution in [-0.4, -0.2) is 15.1 Å². The van der Waals surface area contributed by atoms with Crippen LogP contribution in [0.2, 0.25) is 0 Å². The number of aromatic nitrogens is 2. The number of nitrogens with zero attached hydrogens (tertiary/aromatic N) is 2. The highest BCUT2D eigenvalue weighted by Crippen LogP contribution is 2.33. The summed E-state index contributed by atoms with van der Waals surface area (Å²) in [4.78, 5) is 7.95. The maximum Gasteiger partial charge on any atom is 0.133 e. The molecule has 0 saturated carbocycles. The number of hydrogen-bond donors (Lipinski definition) is 2. The summed E-state index contributed by atoms with van der Waals surface area (Å²) < 4.78 is 0. The smallest absolute Gasteiger partial charge is 0.133 e. The van der Waals surface area contributed by atoms with Crippen LogP contribution < -0.4 is 5.32 Å². The van der Waals surface area contributed by atoms with Crippen molar-refractivity contribution in [3.05, 3.63) is 115 Å². The first-order valence-electron chi connectivity index (χ1n) is 12.4. The summed E-state index contributed by atoms with van der Waals surface area (Å²) in [6.07, 6.45) is 8.38. The number of phenols is 1. The van der Waals surface area contributed by atoms with Crippen molar-refractivity contribution in [2.75, 3.05) is 5.32 Å². The van der Waals surface area contributed by atoms with Gasteiger partial charge in [0.1, 0.15) is 17.9 Å². The van der Waals surface area contributed by atoms with Gasteiger partial charge in [0.15, 0.2) is 0 Å². The van der Waals surface area contributed by atoms with Crippen LogP contribution in [0.5, 0.6) is 5.75 Å². The molecule has 1 aromatic heterocycles. The number of aromatic hydroxyl groups is 1. The van der Waals surface area contributed by atoms with E-state index in [0.717, 1.165) is 22.3 Å². The van der Waals surface area contributed by atoms with Crippen molar-refractivity contribution >= 4 is 43.8 Å². The van der Waals surface area contributed by atoms with Gasteiger partial charge < -0.3 is 10.4 Å². The Morgan fingerprint density at radius 1 is 0.667 bits per heavy atom. The highest BCUT2D eigenvalue weighted by atomic mass is 16.3. The molecule has 1 aliphatic carbocycles. The van der Waals surface area contributed by atoms with Gasteiger partial charge in [-0.15, -0.1) is 0 Å². The quantitative estimate of drug-likeness (QED) is 0.253. The van der Waals surface area contributed by atoms with Crippen molar-refractivity contribution in [1.29, 1.82) is 0 Å². The molecule has 36 heavy (non-hydrogen) atoms. The molecule has 0 fully saturated rings. The largest absolute Gasteiger partial charge is 0.507 e. The molecular formula is C32H27N3O. The van der Waals surface area contributed by atoms with Gasteiger partial charge in [-0.2, -0.15) is 0 Å². The van der Waals surface area contributed by atoms with E-state index in [-0.39, 0.29) is 5.75 Å². The van der Waals surface area contributed by atoms with E-state index >= 15 is 0 Å². The summed E-state index contributed by atoms with van der Waals surface area (Å²) >= 11 is 0. The number of benzene rings is 5. The molecule has 6 aromatic rings. The van der Waals surface area contributed by atoms with E-state index in [4.69, 9.17) is 0 Å². The van der Waals surface area contributed by atoms with Gasteiger partial charge in [0.25, 0.3) is 0 Å². The second kappa shape index (κ2) is 9.67. The Balaban J connectivity index is 0.000000133. The number of phenolic OH excluding ortho intramolecular Hbond substituents is 1. The molecule has 0 amide bonds. The van der Waals surface area contributed by atoms with Crippen molar-refractivity contribution in [3.8, 4) is 5.75 Å². The zero-order chi connectivity index (χ0) is 24.3. The van der Waals surface area contributed by atoms with Crippen LogP contribution in [0, 0.1) is 0 Å². The molecule has 4 nitrogen and oxygen atoms in total. The molecule has 7 rings (SSSR count). The molecule has 1 aliphatic rings. The molecule has 0 atom stereocenters. The van der Waals surface area contributed by atoms with Gasteiger partial charge in [-0.25, -0.2) is 9.97 Å². The Morgan fingerprint density at radius 3 is 2.39 bits per heavy atom. The predicted octanol–water partition coefficient (Wildman–Crippen LogP) is 7.95. The molecule has 5 aromatic carbocycles. The number of fused-ring (bicyclic) bond motifs is 6. The van der Waals surface area contributed by atoms with Gasteiger partial charge in [-0.3, -0.25) is 0 Å². The first-order chi connectivity index (χ1) is 17.8. The van der Waals surface area contributed by atoms with Crippen LogP contribution in [0.25, 0.3) is 32.3 Å². The zero-order valence-electron chi connectivity index (χ0n) is 20.0. The molecule has 0 spiro atoms. The lowest BCUT2D eigenvalue weighted by Gasteiger charge is -2.18. The van der Waals surface area contributed by atoms with Crippen LogP contribution in [-0.2, 0) is 12.8 Å². The van der Waals surface area contributed by atoms with E-state index in [2.05, 4.69) is 63.8 Å². The molecule has 1 heterocycles. The minimum absolute atomic E-state index is 0.277. The summed E-state index contributed by atoms with van der Waals surface area (Å²) in [6.45, 7) is 0. The van der Waals surface area contributed by atoms with Crippen LogP contribution in [0.4, 0.5) is 11.5 Å². The van der Waals surface area contributed by atoms with E-state index in [9.17, 15) is 5.11 Å². The monoisotopic (exact) mass is 469 g/mol. The summed E-state index contributed by atoms with van der Waals surface area (Å²) in [6, 6.07) is 31.0. The standard InChI is InChI=1S/C18H16.C14H11N3O/c1-3-7-15-13(5-1)9-11-18-16-8-4-2-6-14(16)10-12-17(15)18;18-13-3-1-2-10-4-5-11(8-12(10)13)17-14-6-7-15-9-16-14/h1,3,5,7,9-12H,2,4,6,8H2;1-9,18H,(H,15,16,17). The third kappa shape index (κ3) is 4.34. The van der Waals surface area contributed by atoms with Crippen molar-refractivity contribution in [1.82, 2.24) is 9.97 Å². The SMILES string of the molecule is Oc1cccc2ccc(Nc3ccncn3)cc12.c1ccc2c(c1)ccc1c3c(ccc12)CCCC3. The molecule has 0 saturated heterocycles. The van der Waals surface area contributed by atoms with E-state index < -0.39 is 0 Å². The van der Waals surface area contributed by atoms with Crippen LogP contribution in [0.3, 0.4) is 0 Å². The summed E-state index contributed by atoms with van der Waals surface area (Å²) in [7, 11) is 0. The first kappa shape index (κ1) is 22.1. The van der Waals surface area contributed by atoms with Crippen LogP contribution >= 0.6 is 0 Å². The van der Waals surface area contributed by atoms with Gasteiger partial charge in [0, 0.05) is 17.3 Å². The average molecular weight is 470 g/mol. The van der Waals surface area contributed by atoms with E-state index in [1.165, 1.54) is 53.6 Å². The molecule has 0 bridgehead atoms. The summed E-state index contributed by atoms with van der Waals surface area (Å²) in [5, 5.41) is 20.4. The van der Waals surface area contributed by atoms with Crippen molar-refractivity contribution in [2.45, 2.75) is 25.7 Å². The lowest BCUT2D eigenvalue weighted by Crippen LogP contribution is -2.02. The van der Waals surface area contributed by atoms with Crippen LogP contribution in [0.1, 0.15) is 24.0 Å². The Bertz CT molecular complexity index is 1680. The normalized spacial score (nSPS) is 12.7. The molecule has 0 unspecified atom stereocenters. The van der Waals surface area contributed by atoms with Gasteiger partial charge in [0.05, 0.1) is 0 Å². The minimum Gasteiger partial charge on any atom is -0.507 e. The maximum atomic E-state index is 9.81. The first-order valence-corrected chi connectivity index (χ1v) is 12.4. The molecule has 0 radical (unpaired) electrons. The number of anilines is 2. The van der Waals surface area contributed by atoms with Crippen molar-refractivity contribution in [2.24, 2.45) is 0 Å². The highest BCUT2D eigenvalue weighted by Gasteiger charge is 2.13. The van der Waals surface area contributed by atoms with Gasteiger partial charge in [-0.1, -0.05) is 66.7 Å². The van der Waals surface area contributed by atoms with Crippen molar-refractivity contribution in [3.63, 3.8) is 0 Å². The molecule has 2 N–H and O–H groups in total. The Hall–Kier alpha value is -4.44. The molecule has 176 valence electrons. The average Bonchev–Trinajstić information content (AvgIpc) is 2.94. The highest BCUT2D eigenvalue weighted by molar-refractivity contribution is 6.08. The third-order valence-electron chi connectivity index (χ3n) is 6.97. The number of rotatable bonds is 2. The van der Waals surface area contributed by atoms with Gasteiger partial charge >= 0.3 is 0 Å². The number of nitrogens with one attached hydrogen (secondary N) is 1. The predicted molar refractivity (Wildman–Crippen MR) is 149 cm³/mol. The number of hydrogen-bond acceptors (Lipinski definition) is 4. The van der Waals surface area contributed by atoms with E-state index in [1.54, 1.807) is 29.5 Å². The fourth-order valence-corrected chi connectivity index (χ4v) is 5.19. The Kier molecular flexibility index (Phi) is 5.92. The topological polar surface area (TPSA) is 58.0 Å². The number of aryl methyl sites for hydroxylation is 2. The van der Waals surface area contributed by atoms with Crippen LogP contribution in [0.15, 0.2) is 104 Å².